The van der Waals surface area contributed by atoms with Crippen LogP contribution in [-0.4, -0.2) is 13.2 Å². The lowest BCUT2D eigenvalue weighted by atomic mass is 9.94. The van der Waals surface area contributed by atoms with Gasteiger partial charge in [0.1, 0.15) is 17.6 Å². The molecule has 0 spiro atoms. The maximum atomic E-state index is 6.40. The Hall–Kier alpha value is -2.00. The molecule has 0 amide bonds. The first-order valence-corrected chi connectivity index (χ1v) is 7.23. The van der Waals surface area contributed by atoms with Crippen LogP contribution in [0.4, 0.5) is 0 Å². The van der Waals surface area contributed by atoms with Crippen LogP contribution in [0.2, 0.25) is 0 Å². The molecule has 2 aromatic carbocycles. The molecule has 2 rings (SSSR count). The Balaban J connectivity index is 2.19. The molecule has 21 heavy (non-hydrogen) atoms. The highest BCUT2D eigenvalue weighted by Gasteiger charge is 2.24. The summed E-state index contributed by atoms with van der Waals surface area (Å²) in [6.45, 7) is 4.24. The monoisotopic (exact) mass is 285 g/mol. The average molecular weight is 285 g/mol. The lowest BCUT2D eigenvalue weighted by molar-refractivity contribution is 0.123. The first-order chi connectivity index (χ1) is 10.1. The topological polar surface area (TPSA) is 44.5 Å². The van der Waals surface area contributed by atoms with Gasteiger partial charge in [-0.3, -0.25) is 0 Å². The van der Waals surface area contributed by atoms with E-state index in [1.54, 1.807) is 7.11 Å². The molecule has 2 unspecified atom stereocenters. The Morgan fingerprint density at radius 1 is 0.905 bits per heavy atom. The van der Waals surface area contributed by atoms with E-state index in [0.29, 0.717) is 5.92 Å². The summed E-state index contributed by atoms with van der Waals surface area (Å²) < 4.78 is 11.4. The Kier molecular flexibility index (Phi) is 5.23. The number of hydrogen-bond acceptors (Lipinski definition) is 3. The minimum atomic E-state index is -0.169. The van der Waals surface area contributed by atoms with Crippen molar-refractivity contribution in [3.8, 4) is 11.5 Å². The molecule has 0 aliphatic heterocycles. The summed E-state index contributed by atoms with van der Waals surface area (Å²) >= 11 is 0. The quantitative estimate of drug-likeness (QED) is 0.878. The van der Waals surface area contributed by atoms with Crippen LogP contribution in [-0.2, 0) is 0 Å². The molecular weight excluding hydrogens is 262 g/mol. The smallest absolute Gasteiger partial charge is 0.123 e. The normalized spacial score (nSPS) is 13.8. The van der Waals surface area contributed by atoms with E-state index in [1.807, 2.05) is 54.6 Å². The van der Waals surface area contributed by atoms with E-state index >= 15 is 0 Å². The minimum Gasteiger partial charge on any atom is -0.497 e. The van der Waals surface area contributed by atoms with Crippen molar-refractivity contribution in [3.05, 3.63) is 60.2 Å². The number of ether oxygens (including phenoxy) is 2. The third-order valence-electron chi connectivity index (χ3n) is 3.51. The third kappa shape index (κ3) is 3.99. The van der Waals surface area contributed by atoms with Gasteiger partial charge in [0.2, 0.25) is 0 Å². The van der Waals surface area contributed by atoms with Gasteiger partial charge in [0.15, 0.2) is 0 Å². The first kappa shape index (κ1) is 15.4. The number of benzene rings is 2. The molecule has 2 atom stereocenters. The summed E-state index contributed by atoms with van der Waals surface area (Å²) in [5.41, 5.74) is 7.48. The summed E-state index contributed by atoms with van der Waals surface area (Å²) in [6, 6.07) is 17.5. The molecule has 0 aliphatic carbocycles. The molecule has 0 saturated carbocycles. The SMILES string of the molecule is COc1cccc(OC(C(C)C)C(N)c2ccccc2)c1. The summed E-state index contributed by atoms with van der Waals surface area (Å²) in [7, 11) is 1.65. The van der Waals surface area contributed by atoms with Gasteiger partial charge in [0.25, 0.3) is 0 Å². The average Bonchev–Trinajstić information content (AvgIpc) is 2.52. The van der Waals surface area contributed by atoms with Gasteiger partial charge in [-0.1, -0.05) is 50.2 Å². The second kappa shape index (κ2) is 7.14. The van der Waals surface area contributed by atoms with Crippen LogP contribution in [0.5, 0.6) is 11.5 Å². The second-order valence-corrected chi connectivity index (χ2v) is 5.44. The molecule has 112 valence electrons. The molecule has 3 nitrogen and oxygen atoms in total. The van der Waals surface area contributed by atoms with Gasteiger partial charge in [-0.2, -0.15) is 0 Å². The van der Waals surface area contributed by atoms with Crippen LogP contribution in [0.25, 0.3) is 0 Å². The number of rotatable bonds is 6. The molecule has 0 radical (unpaired) electrons. The van der Waals surface area contributed by atoms with Gasteiger partial charge in [-0.25, -0.2) is 0 Å². The van der Waals surface area contributed by atoms with Crippen LogP contribution in [0.3, 0.4) is 0 Å². The maximum absolute atomic E-state index is 6.40. The Bertz CT molecular complexity index is 554. The minimum absolute atomic E-state index is 0.0977. The molecular formula is C18H23NO2. The summed E-state index contributed by atoms with van der Waals surface area (Å²) in [5.74, 6) is 1.86. The van der Waals surface area contributed by atoms with E-state index in [-0.39, 0.29) is 12.1 Å². The molecule has 0 aromatic heterocycles. The van der Waals surface area contributed by atoms with Gasteiger partial charge in [-0.05, 0) is 23.6 Å². The van der Waals surface area contributed by atoms with Crippen molar-refractivity contribution < 1.29 is 9.47 Å². The lowest BCUT2D eigenvalue weighted by Crippen LogP contribution is -2.35. The molecule has 0 aliphatic rings. The van der Waals surface area contributed by atoms with Crippen molar-refractivity contribution in [2.24, 2.45) is 11.7 Å². The highest BCUT2D eigenvalue weighted by molar-refractivity contribution is 5.33. The largest absolute Gasteiger partial charge is 0.497 e. The van der Waals surface area contributed by atoms with Gasteiger partial charge >= 0.3 is 0 Å². The lowest BCUT2D eigenvalue weighted by Gasteiger charge is -2.28. The van der Waals surface area contributed by atoms with E-state index in [4.69, 9.17) is 15.2 Å². The Labute approximate surface area is 126 Å². The second-order valence-electron chi connectivity index (χ2n) is 5.44. The molecule has 0 bridgehead atoms. The molecule has 0 saturated heterocycles. The van der Waals surface area contributed by atoms with Crippen molar-refractivity contribution in [3.63, 3.8) is 0 Å². The number of methoxy groups -OCH3 is 1. The predicted molar refractivity (Wildman–Crippen MR) is 85.6 cm³/mol. The van der Waals surface area contributed by atoms with Crippen LogP contribution in [0.15, 0.2) is 54.6 Å². The number of hydrogen-bond donors (Lipinski definition) is 1. The van der Waals surface area contributed by atoms with Gasteiger partial charge in [0.05, 0.1) is 13.2 Å². The van der Waals surface area contributed by atoms with Crippen LogP contribution >= 0.6 is 0 Å². The Morgan fingerprint density at radius 2 is 1.57 bits per heavy atom. The van der Waals surface area contributed by atoms with E-state index < -0.39 is 0 Å². The zero-order valence-corrected chi connectivity index (χ0v) is 12.8. The molecule has 0 fully saturated rings. The van der Waals surface area contributed by atoms with E-state index in [0.717, 1.165) is 17.1 Å². The highest BCUT2D eigenvalue weighted by Crippen LogP contribution is 2.27. The molecule has 0 heterocycles. The fraction of sp³-hybridized carbons (Fsp3) is 0.333. The standard InChI is InChI=1S/C18H23NO2/c1-13(2)18(17(19)14-8-5-4-6-9-14)21-16-11-7-10-15(12-16)20-3/h4-13,17-18H,19H2,1-3H3. The Morgan fingerprint density at radius 3 is 2.19 bits per heavy atom. The van der Waals surface area contributed by atoms with Crippen molar-refractivity contribution in [2.75, 3.05) is 7.11 Å². The molecule has 3 heteroatoms. The van der Waals surface area contributed by atoms with Crippen molar-refractivity contribution in [2.45, 2.75) is 26.0 Å². The van der Waals surface area contributed by atoms with Crippen LogP contribution < -0.4 is 15.2 Å². The number of nitrogens with two attached hydrogens (primary N) is 1. The highest BCUT2D eigenvalue weighted by atomic mass is 16.5. The van der Waals surface area contributed by atoms with E-state index in [2.05, 4.69) is 13.8 Å². The van der Waals surface area contributed by atoms with Gasteiger partial charge in [-0.15, -0.1) is 0 Å². The van der Waals surface area contributed by atoms with Gasteiger partial charge in [0, 0.05) is 6.07 Å². The summed E-state index contributed by atoms with van der Waals surface area (Å²) in [6.07, 6.45) is -0.0977. The summed E-state index contributed by atoms with van der Waals surface area (Å²) in [5, 5.41) is 0. The summed E-state index contributed by atoms with van der Waals surface area (Å²) in [4.78, 5) is 0. The van der Waals surface area contributed by atoms with Crippen LogP contribution in [0, 0.1) is 5.92 Å². The predicted octanol–water partition coefficient (Wildman–Crippen LogP) is 3.80. The molecule has 2 N–H and O–H groups in total. The maximum Gasteiger partial charge on any atom is 0.123 e. The van der Waals surface area contributed by atoms with E-state index in [1.165, 1.54) is 0 Å². The first-order valence-electron chi connectivity index (χ1n) is 7.23. The zero-order valence-electron chi connectivity index (χ0n) is 12.8. The third-order valence-corrected chi connectivity index (χ3v) is 3.51. The van der Waals surface area contributed by atoms with Crippen molar-refractivity contribution in [1.82, 2.24) is 0 Å². The van der Waals surface area contributed by atoms with E-state index in [9.17, 15) is 0 Å². The zero-order chi connectivity index (χ0) is 15.2. The molecule has 2 aromatic rings. The van der Waals surface area contributed by atoms with Gasteiger partial charge < -0.3 is 15.2 Å². The fourth-order valence-corrected chi connectivity index (χ4v) is 2.32. The van der Waals surface area contributed by atoms with Crippen molar-refractivity contribution in [1.29, 1.82) is 0 Å². The fourth-order valence-electron chi connectivity index (χ4n) is 2.32. The van der Waals surface area contributed by atoms with Crippen LogP contribution in [0.1, 0.15) is 25.5 Å². The van der Waals surface area contributed by atoms with Crippen molar-refractivity contribution >= 4 is 0 Å².